The fourth-order valence-electron chi connectivity index (χ4n) is 4.40. The van der Waals surface area contributed by atoms with Gasteiger partial charge in [0.15, 0.2) is 11.2 Å². The van der Waals surface area contributed by atoms with Gasteiger partial charge in [0.25, 0.3) is 5.56 Å². The molecule has 3 aromatic heterocycles. The lowest BCUT2D eigenvalue weighted by atomic mass is 10.1. The zero-order valence-corrected chi connectivity index (χ0v) is 18.9. The number of carbonyl (C=O) groups is 1. The van der Waals surface area contributed by atoms with Crippen LogP contribution >= 0.6 is 0 Å². The van der Waals surface area contributed by atoms with E-state index < -0.39 is 11.2 Å². The summed E-state index contributed by atoms with van der Waals surface area (Å²) < 4.78 is 6.00. The SMILES string of the molecule is CC(=O)Cn1c(=O)c2c(nc3n(-c4cc(C)cc(C)c4)c(-c4ccccc4)cn23)n(C)c1=O. The number of Topliss-reactive ketones (excluding diaryl/α,β-unsaturated/α-hetero) is 1. The highest BCUT2D eigenvalue weighted by Gasteiger charge is 2.23. The highest BCUT2D eigenvalue weighted by Crippen LogP contribution is 2.29. The Bertz CT molecular complexity index is 1660. The second kappa shape index (κ2) is 7.44. The lowest BCUT2D eigenvalue weighted by molar-refractivity contribution is -0.117. The molecule has 166 valence electrons. The third-order valence-electron chi connectivity index (χ3n) is 5.76. The van der Waals surface area contributed by atoms with Crippen LogP contribution < -0.4 is 11.2 Å². The maximum absolute atomic E-state index is 13.3. The molecule has 0 aliphatic rings. The van der Waals surface area contributed by atoms with Crippen LogP contribution in [0.25, 0.3) is 33.9 Å². The summed E-state index contributed by atoms with van der Waals surface area (Å²) in [7, 11) is 1.56. The van der Waals surface area contributed by atoms with Crippen LogP contribution in [0.5, 0.6) is 0 Å². The molecule has 0 amide bonds. The van der Waals surface area contributed by atoms with Gasteiger partial charge in [0.2, 0.25) is 5.78 Å². The Morgan fingerprint density at radius 1 is 1.00 bits per heavy atom. The third-order valence-corrected chi connectivity index (χ3v) is 5.76. The molecule has 0 spiro atoms. The molecule has 0 saturated heterocycles. The van der Waals surface area contributed by atoms with Crippen molar-refractivity contribution in [1.82, 2.24) is 23.1 Å². The summed E-state index contributed by atoms with van der Waals surface area (Å²) >= 11 is 0. The fourth-order valence-corrected chi connectivity index (χ4v) is 4.40. The van der Waals surface area contributed by atoms with E-state index in [4.69, 9.17) is 4.98 Å². The third kappa shape index (κ3) is 3.22. The lowest BCUT2D eigenvalue weighted by Gasteiger charge is -2.11. The quantitative estimate of drug-likeness (QED) is 0.429. The minimum Gasteiger partial charge on any atom is -0.298 e. The first-order valence-corrected chi connectivity index (χ1v) is 10.6. The van der Waals surface area contributed by atoms with Gasteiger partial charge >= 0.3 is 5.69 Å². The van der Waals surface area contributed by atoms with E-state index in [0.717, 1.165) is 32.6 Å². The summed E-state index contributed by atoms with van der Waals surface area (Å²) in [5, 5.41) is 0. The highest BCUT2D eigenvalue weighted by molar-refractivity contribution is 5.80. The Hall–Kier alpha value is -4.20. The summed E-state index contributed by atoms with van der Waals surface area (Å²) in [5.41, 5.74) is 4.36. The van der Waals surface area contributed by atoms with Gasteiger partial charge in [-0.15, -0.1) is 0 Å². The number of nitrogens with zero attached hydrogens (tertiary/aromatic N) is 5. The fraction of sp³-hybridized carbons (Fsp3) is 0.200. The number of hydrogen-bond acceptors (Lipinski definition) is 4. The van der Waals surface area contributed by atoms with Crippen molar-refractivity contribution in [2.45, 2.75) is 27.3 Å². The smallest absolute Gasteiger partial charge is 0.298 e. The number of hydrogen-bond donors (Lipinski definition) is 0. The number of carbonyl (C=O) groups excluding carboxylic acids is 1. The van der Waals surface area contributed by atoms with Gasteiger partial charge < -0.3 is 0 Å². The van der Waals surface area contributed by atoms with Gasteiger partial charge in [-0.05, 0) is 44.0 Å². The van der Waals surface area contributed by atoms with Gasteiger partial charge in [-0.1, -0.05) is 36.4 Å². The zero-order chi connectivity index (χ0) is 23.4. The normalized spacial score (nSPS) is 11.5. The van der Waals surface area contributed by atoms with Crippen LogP contribution in [0.2, 0.25) is 0 Å². The second-order valence-corrected chi connectivity index (χ2v) is 8.45. The molecule has 0 atom stereocenters. The van der Waals surface area contributed by atoms with Crippen LogP contribution in [0.4, 0.5) is 0 Å². The van der Waals surface area contributed by atoms with E-state index in [2.05, 4.69) is 18.2 Å². The van der Waals surface area contributed by atoms with E-state index in [1.165, 1.54) is 11.5 Å². The molecule has 0 N–H and O–H groups in total. The number of rotatable bonds is 4. The van der Waals surface area contributed by atoms with Crippen molar-refractivity contribution >= 4 is 22.7 Å². The van der Waals surface area contributed by atoms with Crippen molar-refractivity contribution in [2.75, 3.05) is 0 Å². The minimum atomic E-state index is -0.565. The minimum absolute atomic E-state index is 0.258. The van der Waals surface area contributed by atoms with Crippen LogP contribution in [0, 0.1) is 13.8 Å². The van der Waals surface area contributed by atoms with E-state index in [0.29, 0.717) is 5.78 Å². The first kappa shape index (κ1) is 20.7. The first-order valence-electron chi connectivity index (χ1n) is 10.6. The summed E-state index contributed by atoms with van der Waals surface area (Å²) in [5.74, 6) is 0.244. The summed E-state index contributed by atoms with van der Waals surface area (Å²) in [6.07, 6.45) is 1.86. The van der Waals surface area contributed by atoms with Crippen LogP contribution in [0.1, 0.15) is 18.1 Å². The number of aryl methyl sites for hydroxylation is 3. The average Bonchev–Trinajstić information content (AvgIpc) is 3.31. The Balaban J connectivity index is 1.95. The van der Waals surface area contributed by atoms with Crippen molar-refractivity contribution < 1.29 is 4.79 Å². The Morgan fingerprint density at radius 2 is 1.67 bits per heavy atom. The maximum Gasteiger partial charge on any atom is 0.332 e. The molecule has 5 rings (SSSR count). The highest BCUT2D eigenvalue weighted by atomic mass is 16.2. The van der Waals surface area contributed by atoms with Gasteiger partial charge in [0.05, 0.1) is 12.2 Å². The van der Waals surface area contributed by atoms with E-state index in [1.807, 2.05) is 54.9 Å². The van der Waals surface area contributed by atoms with Gasteiger partial charge in [-0.3, -0.25) is 27.7 Å². The molecule has 0 aliphatic heterocycles. The number of aromatic nitrogens is 5. The zero-order valence-electron chi connectivity index (χ0n) is 18.9. The van der Waals surface area contributed by atoms with Crippen LogP contribution in [0.3, 0.4) is 0 Å². The number of benzene rings is 2. The largest absolute Gasteiger partial charge is 0.332 e. The molecule has 3 heterocycles. The van der Waals surface area contributed by atoms with Crippen molar-refractivity contribution in [2.24, 2.45) is 7.05 Å². The molecule has 0 unspecified atom stereocenters. The summed E-state index contributed by atoms with van der Waals surface area (Å²) in [4.78, 5) is 42.6. The van der Waals surface area contributed by atoms with E-state index >= 15 is 0 Å². The topological polar surface area (TPSA) is 83.3 Å². The van der Waals surface area contributed by atoms with E-state index in [1.54, 1.807) is 11.4 Å². The molecule has 2 aromatic carbocycles. The number of fused-ring (bicyclic) bond motifs is 3. The van der Waals surface area contributed by atoms with Crippen LogP contribution in [-0.4, -0.2) is 28.9 Å². The monoisotopic (exact) mass is 441 g/mol. The second-order valence-electron chi connectivity index (χ2n) is 8.45. The molecule has 0 aliphatic carbocycles. The molecule has 0 bridgehead atoms. The molecule has 0 fully saturated rings. The van der Waals surface area contributed by atoms with Crippen molar-refractivity contribution in [1.29, 1.82) is 0 Å². The van der Waals surface area contributed by atoms with E-state index in [9.17, 15) is 14.4 Å². The molecule has 0 saturated carbocycles. The maximum atomic E-state index is 13.3. The predicted molar refractivity (Wildman–Crippen MR) is 127 cm³/mol. The van der Waals surface area contributed by atoms with Crippen molar-refractivity contribution in [3.63, 3.8) is 0 Å². The van der Waals surface area contributed by atoms with Gasteiger partial charge in [-0.2, -0.15) is 4.98 Å². The van der Waals surface area contributed by atoms with Crippen LogP contribution in [-0.2, 0) is 18.4 Å². The van der Waals surface area contributed by atoms with Crippen LogP contribution in [0.15, 0.2) is 64.3 Å². The standard InChI is InChI=1S/C25H23N5O3/c1-15-10-16(2)12-19(11-15)30-20(18-8-6-5-7-9-18)14-28-21-22(26-24(28)30)27(4)25(33)29(23(21)32)13-17(3)31/h5-12,14H,13H2,1-4H3. The van der Waals surface area contributed by atoms with E-state index in [-0.39, 0.29) is 23.5 Å². The molecule has 0 radical (unpaired) electrons. The average molecular weight is 441 g/mol. The van der Waals surface area contributed by atoms with Gasteiger partial charge in [0.1, 0.15) is 5.78 Å². The van der Waals surface area contributed by atoms with Gasteiger partial charge in [-0.25, -0.2) is 4.79 Å². The molecule has 5 aromatic rings. The van der Waals surface area contributed by atoms with Crippen molar-refractivity contribution in [3.8, 4) is 16.9 Å². The Labute approximate surface area is 189 Å². The molecule has 33 heavy (non-hydrogen) atoms. The molecule has 8 heteroatoms. The number of ketones is 1. The Morgan fingerprint density at radius 3 is 2.30 bits per heavy atom. The predicted octanol–water partition coefficient (Wildman–Crippen LogP) is 3.01. The lowest BCUT2D eigenvalue weighted by Crippen LogP contribution is -2.40. The Kier molecular flexibility index (Phi) is 4.67. The van der Waals surface area contributed by atoms with Crippen molar-refractivity contribution in [3.05, 3.63) is 86.7 Å². The molecule has 8 nitrogen and oxygen atoms in total. The molecular formula is C25H23N5O3. The summed E-state index contributed by atoms with van der Waals surface area (Å²) in [6.45, 7) is 5.14. The van der Waals surface area contributed by atoms with Gasteiger partial charge in [0, 0.05) is 24.5 Å². The first-order chi connectivity index (χ1) is 15.8. The number of imidazole rings is 2. The summed E-state index contributed by atoms with van der Waals surface area (Å²) in [6, 6.07) is 16.1. The molecular weight excluding hydrogens is 418 g/mol.